The second-order valence-electron chi connectivity index (χ2n) is 5.93. The molecule has 0 aliphatic rings. The molecular weight excluding hydrogens is 375 g/mol. The highest BCUT2D eigenvalue weighted by atomic mass is 19.4. The van der Waals surface area contributed by atoms with Gasteiger partial charge in [-0.15, -0.1) is 0 Å². The number of carbonyl (C=O) groups is 3. The average molecular weight is 393 g/mol. The summed E-state index contributed by atoms with van der Waals surface area (Å²) in [4.78, 5) is 35.5. The van der Waals surface area contributed by atoms with Gasteiger partial charge in [0, 0.05) is 12.0 Å². The summed E-state index contributed by atoms with van der Waals surface area (Å²) in [7, 11) is 0. The van der Waals surface area contributed by atoms with Crippen LogP contribution in [0, 0.1) is 0 Å². The Bertz CT molecular complexity index is 854. The number of halogens is 3. The lowest BCUT2D eigenvalue weighted by Gasteiger charge is -2.19. The summed E-state index contributed by atoms with van der Waals surface area (Å²) < 4.78 is 39.2. The van der Waals surface area contributed by atoms with Crippen molar-refractivity contribution in [2.75, 3.05) is 6.54 Å². The van der Waals surface area contributed by atoms with E-state index >= 15 is 0 Å². The molecule has 0 aliphatic heterocycles. The highest BCUT2D eigenvalue weighted by molar-refractivity contribution is 5.97. The second-order valence-corrected chi connectivity index (χ2v) is 5.93. The molecule has 9 heteroatoms. The van der Waals surface area contributed by atoms with Crippen molar-refractivity contribution in [1.82, 2.24) is 10.6 Å². The summed E-state index contributed by atoms with van der Waals surface area (Å²) >= 11 is 0. The predicted molar refractivity (Wildman–Crippen MR) is 95.0 cm³/mol. The average Bonchev–Trinajstić information content (AvgIpc) is 2.65. The van der Waals surface area contributed by atoms with Crippen LogP contribution in [-0.4, -0.2) is 30.3 Å². The van der Waals surface area contributed by atoms with E-state index in [-0.39, 0.29) is 5.56 Å². The minimum atomic E-state index is -4.60. The molecule has 1 atom stereocenters. The first-order valence-electron chi connectivity index (χ1n) is 8.25. The Labute approximate surface area is 158 Å². The largest absolute Gasteiger partial charge is 0.416 e. The molecule has 148 valence electrons. The molecule has 0 unspecified atom stereocenters. The minimum Gasteiger partial charge on any atom is -0.368 e. The number of benzene rings is 2. The van der Waals surface area contributed by atoms with Crippen molar-refractivity contribution in [2.24, 2.45) is 5.73 Å². The van der Waals surface area contributed by atoms with E-state index in [2.05, 4.69) is 10.6 Å². The van der Waals surface area contributed by atoms with Gasteiger partial charge in [0.25, 0.3) is 5.91 Å². The van der Waals surface area contributed by atoms with E-state index in [4.69, 9.17) is 5.73 Å². The molecule has 0 aliphatic carbocycles. The summed E-state index contributed by atoms with van der Waals surface area (Å²) in [6.07, 6.45) is -5.03. The van der Waals surface area contributed by atoms with E-state index in [1.165, 1.54) is 18.2 Å². The number of rotatable bonds is 7. The van der Waals surface area contributed by atoms with Crippen molar-refractivity contribution in [1.29, 1.82) is 0 Å². The molecule has 6 nitrogen and oxygen atoms in total. The Morgan fingerprint density at radius 2 is 1.57 bits per heavy atom. The molecule has 0 saturated heterocycles. The van der Waals surface area contributed by atoms with Gasteiger partial charge in [0.05, 0.1) is 12.1 Å². The number of alkyl halides is 3. The normalized spacial score (nSPS) is 12.1. The van der Waals surface area contributed by atoms with Crippen LogP contribution in [0.1, 0.15) is 21.5 Å². The van der Waals surface area contributed by atoms with Gasteiger partial charge in [-0.2, -0.15) is 13.2 Å². The number of nitrogens with two attached hydrogens (primary N) is 1. The van der Waals surface area contributed by atoms with E-state index in [1.54, 1.807) is 30.3 Å². The molecule has 0 heterocycles. The molecule has 4 N–H and O–H groups in total. The summed E-state index contributed by atoms with van der Waals surface area (Å²) in [5.41, 5.74) is 4.47. The first kappa shape index (κ1) is 20.9. The molecular formula is C19H18F3N3O3. The molecule has 0 fully saturated rings. The van der Waals surface area contributed by atoms with Gasteiger partial charge >= 0.3 is 6.18 Å². The maximum atomic E-state index is 13.1. The van der Waals surface area contributed by atoms with Crippen molar-refractivity contribution < 1.29 is 27.6 Å². The minimum absolute atomic E-state index is 0.174. The molecule has 0 aromatic heterocycles. The topological polar surface area (TPSA) is 101 Å². The molecule has 0 spiro atoms. The lowest BCUT2D eigenvalue weighted by molar-refractivity contribution is -0.138. The molecule has 2 rings (SSSR count). The lowest BCUT2D eigenvalue weighted by atomic mass is 9.99. The molecule has 2 aromatic carbocycles. The van der Waals surface area contributed by atoms with Gasteiger partial charge in [-0.1, -0.05) is 36.4 Å². The fraction of sp³-hybridized carbons (Fsp3) is 0.211. The Morgan fingerprint density at radius 3 is 2.18 bits per heavy atom. The number of primary amides is 1. The van der Waals surface area contributed by atoms with Gasteiger partial charge in [0.2, 0.25) is 11.8 Å². The zero-order valence-corrected chi connectivity index (χ0v) is 14.6. The monoisotopic (exact) mass is 393 g/mol. The van der Waals surface area contributed by atoms with E-state index in [9.17, 15) is 27.6 Å². The Kier molecular flexibility index (Phi) is 6.75. The third kappa shape index (κ3) is 5.83. The van der Waals surface area contributed by atoms with E-state index in [1.807, 2.05) is 0 Å². The van der Waals surface area contributed by atoms with Crippen LogP contribution in [0.15, 0.2) is 54.6 Å². The van der Waals surface area contributed by atoms with Crippen molar-refractivity contribution in [2.45, 2.75) is 18.6 Å². The van der Waals surface area contributed by atoms with Crippen molar-refractivity contribution in [3.05, 3.63) is 71.3 Å². The highest BCUT2D eigenvalue weighted by Gasteiger charge is 2.34. The maximum Gasteiger partial charge on any atom is 0.416 e. The van der Waals surface area contributed by atoms with Crippen molar-refractivity contribution in [3.63, 3.8) is 0 Å². The standard InChI is InChI=1S/C19H18F3N3O3/c20-19(21,22)14-9-5-4-8-13(14)10-15(17(23)27)25-16(26)11-24-18(28)12-6-2-1-3-7-12/h1-9,15H,10-11H2,(H2,23,27)(H,24,28)(H,25,26)/t15-/m0/s1. The van der Waals surface area contributed by atoms with Crippen LogP contribution in [0.2, 0.25) is 0 Å². The van der Waals surface area contributed by atoms with Crippen LogP contribution < -0.4 is 16.4 Å². The van der Waals surface area contributed by atoms with Gasteiger partial charge in [-0.25, -0.2) is 0 Å². The zero-order chi connectivity index (χ0) is 20.7. The summed E-state index contributed by atoms with van der Waals surface area (Å²) in [6.45, 7) is -0.460. The summed E-state index contributed by atoms with van der Waals surface area (Å²) in [6, 6.07) is 11.5. The van der Waals surface area contributed by atoms with Crippen LogP contribution in [0.25, 0.3) is 0 Å². The molecule has 2 aromatic rings. The molecule has 28 heavy (non-hydrogen) atoms. The third-order valence-electron chi connectivity index (χ3n) is 3.87. The summed E-state index contributed by atoms with van der Waals surface area (Å²) in [5.74, 6) is -2.24. The molecule has 0 radical (unpaired) electrons. The first-order chi connectivity index (χ1) is 13.2. The third-order valence-corrected chi connectivity index (χ3v) is 3.87. The van der Waals surface area contributed by atoms with Gasteiger partial charge in [0.15, 0.2) is 0 Å². The van der Waals surface area contributed by atoms with Crippen LogP contribution in [0.5, 0.6) is 0 Å². The second kappa shape index (κ2) is 9.03. The lowest BCUT2D eigenvalue weighted by Crippen LogP contribution is -2.49. The highest BCUT2D eigenvalue weighted by Crippen LogP contribution is 2.32. The van der Waals surface area contributed by atoms with E-state index in [0.717, 1.165) is 6.07 Å². The molecule has 3 amide bonds. The van der Waals surface area contributed by atoms with Crippen molar-refractivity contribution >= 4 is 17.7 Å². The zero-order valence-electron chi connectivity index (χ0n) is 14.6. The van der Waals surface area contributed by atoms with Crippen LogP contribution >= 0.6 is 0 Å². The van der Waals surface area contributed by atoms with Gasteiger partial charge < -0.3 is 16.4 Å². The van der Waals surface area contributed by atoms with Gasteiger partial charge in [-0.05, 0) is 23.8 Å². The number of amides is 3. The van der Waals surface area contributed by atoms with Gasteiger partial charge in [-0.3, -0.25) is 14.4 Å². The quantitative estimate of drug-likeness (QED) is 0.667. The predicted octanol–water partition coefficient (Wildman–Crippen LogP) is 1.65. The fourth-order valence-corrected chi connectivity index (χ4v) is 2.52. The van der Waals surface area contributed by atoms with Crippen LogP contribution in [0.3, 0.4) is 0 Å². The van der Waals surface area contributed by atoms with Crippen LogP contribution in [-0.2, 0) is 22.2 Å². The van der Waals surface area contributed by atoms with E-state index < -0.39 is 48.5 Å². The number of nitrogens with one attached hydrogen (secondary N) is 2. The maximum absolute atomic E-state index is 13.1. The number of carbonyl (C=O) groups excluding carboxylic acids is 3. The molecule has 0 saturated carbocycles. The Hall–Kier alpha value is -3.36. The first-order valence-corrected chi connectivity index (χ1v) is 8.25. The SMILES string of the molecule is NC(=O)[C@H](Cc1ccccc1C(F)(F)F)NC(=O)CNC(=O)c1ccccc1. The number of hydrogen-bond donors (Lipinski definition) is 3. The van der Waals surface area contributed by atoms with Crippen LogP contribution in [0.4, 0.5) is 13.2 Å². The number of hydrogen-bond acceptors (Lipinski definition) is 3. The van der Waals surface area contributed by atoms with E-state index in [0.29, 0.717) is 5.56 Å². The Balaban J connectivity index is 2.01. The van der Waals surface area contributed by atoms with Gasteiger partial charge in [0.1, 0.15) is 6.04 Å². The Morgan fingerprint density at radius 1 is 0.964 bits per heavy atom. The smallest absolute Gasteiger partial charge is 0.368 e. The summed E-state index contributed by atoms with van der Waals surface area (Å²) in [5, 5.41) is 4.61. The molecule has 0 bridgehead atoms. The fourth-order valence-electron chi connectivity index (χ4n) is 2.52. The van der Waals surface area contributed by atoms with Crippen molar-refractivity contribution in [3.8, 4) is 0 Å².